The average Bonchev–Trinajstić information content (AvgIpc) is 2.49. The zero-order valence-electron chi connectivity index (χ0n) is 13.0. The van der Waals surface area contributed by atoms with Crippen LogP contribution < -0.4 is 9.41 Å². The number of nitrogens with zero attached hydrogens (tertiary/aromatic N) is 1. The summed E-state index contributed by atoms with van der Waals surface area (Å²) in [7, 11) is -4.24. The molecule has 0 aliphatic heterocycles. The highest BCUT2D eigenvalue weighted by molar-refractivity contribution is 7.93. The van der Waals surface area contributed by atoms with Crippen LogP contribution in [-0.4, -0.2) is 14.5 Å². The lowest BCUT2D eigenvalue weighted by Gasteiger charge is -2.26. The van der Waals surface area contributed by atoms with Crippen LogP contribution in [0.4, 0.5) is 10.5 Å². The van der Waals surface area contributed by atoms with Gasteiger partial charge in [-0.15, -0.1) is 0 Å². The Morgan fingerprint density at radius 1 is 1.09 bits per heavy atom. The highest BCUT2D eigenvalue weighted by atomic mass is 32.2. The molecule has 0 heterocycles. The fourth-order valence-electron chi connectivity index (χ4n) is 2.33. The van der Waals surface area contributed by atoms with Gasteiger partial charge in [0, 0.05) is 0 Å². The Morgan fingerprint density at radius 2 is 1.70 bits per heavy atom. The Bertz CT molecular complexity index is 798. The predicted molar refractivity (Wildman–Crippen MR) is 86.7 cm³/mol. The van der Waals surface area contributed by atoms with Gasteiger partial charge < -0.3 is 9.90 Å². The van der Waals surface area contributed by atoms with Gasteiger partial charge in [-0.1, -0.05) is 49.2 Å². The van der Waals surface area contributed by atoms with Crippen LogP contribution in [0.3, 0.4) is 0 Å². The summed E-state index contributed by atoms with van der Waals surface area (Å²) in [5.74, 6) is 0. The molecule has 0 aliphatic rings. The third-order valence-corrected chi connectivity index (χ3v) is 5.15. The molecular formula is C17H18NO4S-. The molecule has 0 saturated heterocycles. The molecule has 0 fully saturated rings. The second-order valence-electron chi connectivity index (χ2n) is 5.23. The molecule has 2 aromatic rings. The highest BCUT2D eigenvalue weighted by Crippen LogP contribution is 2.28. The van der Waals surface area contributed by atoms with Crippen LogP contribution >= 0.6 is 0 Å². The van der Waals surface area contributed by atoms with Gasteiger partial charge in [-0.3, -0.25) is 0 Å². The first kappa shape index (κ1) is 17.0. The Labute approximate surface area is 136 Å². The Kier molecular flexibility index (Phi) is 5.05. The average molecular weight is 332 g/mol. The summed E-state index contributed by atoms with van der Waals surface area (Å²) in [4.78, 5) is 11.5. The van der Waals surface area contributed by atoms with Crippen molar-refractivity contribution in [3.8, 4) is 0 Å². The lowest BCUT2D eigenvalue weighted by Crippen LogP contribution is -2.45. The lowest BCUT2D eigenvalue weighted by atomic mass is 10.1. The van der Waals surface area contributed by atoms with Gasteiger partial charge in [-0.2, -0.15) is 0 Å². The zero-order valence-corrected chi connectivity index (χ0v) is 13.8. The van der Waals surface area contributed by atoms with Crippen molar-refractivity contribution in [1.82, 2.24) is 0 Å². The smallest absolute Gasteiger partial charge is 0.269 e. The van der Waals surface area contributed by atoms with E-state index in [1.807, 2.05) is 13.8 Å². The summed E-state index contributed by atoms with van der Waals surface area (Å²) in [5, 5.41) is 11.6. The second-order valence-corrected chi connectivity index (χ2v) is 7.01. The van der Waals surface area contributed by atoms with E-state index in [4.69, 9.17) is 0 Å². The highest BCUT2D eigenvalue weighted by Gasteiger charge is 2.27. The Morgan fingerprint density at radius 3 is 2.26 bits per heavy atom. The molecule has 0 bridgehead atoms. The van der Waals surface area contributed by atoms with Crippen LogP contribution in [0, 0.1) is 6.92 Å². The molecule has 2 aromatic carbocycles. The molecule has 1 amide bonds. The lowest BCUT2D eigenvalue weighted by molar-refractivity contribution is -0.244. The molecule has 6 heteroatoms. The first-order valence-electron chi connectivity index (χ1n) is 7.28. The predicted octanol–water partition coefficient (Wildman–Crippen LogP) is 2.49. The molecule has 0 aromatic heterocycles. The van der Waals surface area contributed by atoms with Gasteiger partial charge in [0.25, 0.3) is 10.0 Å². The molecule has 0 N–H and O–H groups in total. The molecule has 122 valence electrons. The van der Waals surface area contributed by atoms with E-state index in [9.17, 15) is 18.3 Å². The summed E-state index contributed by atoms with van der Waals surface area (Å²) >= 11 is 0. The topological polar surface area (TPSA) is 77.5 Å². The number of hydrogen-bond acceptors (Lipinski definition) is 4. The van der Waals surface area contributed by atoms with Crippen molar-refractivity contribution >= 4 is 21.8 Å². The van der Waals surface area contributed by atoms with Crippen LogP contribution in [0.25, 0.3) is 0 Å². The Balaban J connectivity index is 2.59. The molecule has 23 heavy (non-hydrogen) atoms. The third-order valence-electron chi connectivity index (χ3n) is 3.45. The van der Waals surface area contributed by atoms with Crippen LogP contribution in [0.2, 0.25) is 0 Å². The third kappa shape index (κ3) is 3.53. The largest absolute Gasteiger partial charge is 0.529 e. The molecule has 0 atom stereocenters. The monoisotopic (exact) mass is 332 g/mol. The minimum Gasteiger partial charge on any atom is -0.529 e. The van der Waals surface area contributed by atoms with Crippen molar-refractivity contribution in [2.24, 2.45) is 0 Å². The number of para-hydroxylation sites is 1. The minimum atomic E-state index is -4.24. The van der Waals surface area contributed by atoms with Crippen molar-refractivity contribution < 1.29 is 18.3 Å². The fourth-order valence-corrected chi connectivity index (χ4v) is 3.66. The molecule has 0 aliphatic carbocycles. The summed E-state index contributed by atoms with van der Waals surface area (Å²) in [5.41, 5.74) is 1.65. The molecule has 2 rings (SSSR count). The zero-order chi connectivity index (χ0) is 17.0. The van der Waals surface area contributed by atoms with Crippen molar-refractivity contribution in [2.75, 3.05) is 4.31 Å². The number of hydrogen-bond donors (Lipinski definition) is 0. The first-order valence-corrected chi connectivity index (χ1v) is 8.72. The SMILES string of the molecule is CCCc1ccccc1N(C(=O)[O-])S(=O)(=O)c1ccc(C)cc1. The Hall–Kier alpha value is -2.34. The first-order chi connectivity index (χ1) is 10.9. The van der Waals surface area contributed by atoms with E-state index >= 15 is 0 Å². The quantitative estimate of drug-likeness (QED) is 0.843. The van der Waals surface area contributed by atoms with Crippen LogP contribution in [0.1, 0.15) is 24.5 Å². The summed E-state index contributed by atoms with van der Waals surface area (Å²) in [6.07, 6.45) is -0.430. The molecule has 0 unspecified atom stereocenters. The van der Waals surface area contributed by atoms with Gasteiger partial charge in [0.2, 0.25) is 0 Å². The molecule has 0 radical (unpaired) electrons. The summed E-state index contributed by atoms with van der Waals surface area (Å²) < 4.78 is 25.8. The fraction of sp³-hybridized carbons (Fsp3) is 0.235. The second kappa shape index (κ2) is 6.83. The minimum absolute atomic E-state index is 0.0846. The number of carboxylic acid groups (broad SMARTS) is 1. The molecule has 5 nitrogen and oxygen atoms in total. The number of benzene rings is 2. The van der Waals surface area contributed by atoms with E-state index in [-0.39, 0.29) is 10.6 Å². The van der Waals surface area contributed by atoms with Crippen molar-refractivity contribution in [3.63, 3.8) is 0 Å². The van der Waals surface area contributed by atoms with Crippen molar-refractivity contribution in [3.05, 3.63) is 59.7 Å². The van der Waals surface area contributed by atoms with Crippen LogP contribution in [-0.2, 0) is 16.4 Å². The molecule has 0 saturated carbocycles. The number of aryl methyl sites for hydroxylation is 2. The number of anilines is 1. The maximum atomic E-state index is 12.7. The number of carbonyl (C=O) groups is 1. The number of rotatable bonds is 5. The number of amides is 1. The van der Waals surface area contributed by atoms with E-state index in [0.29, 0.717) is 16.3 Å². The van der Waals surface area contributed by atoms with Gasteiger partial charge in [0.15, 0.2) is 6.09 Å². The van der Waals surface area contributed by atoms with E-state index in [1.54, 1.807) is 30.3 Å². The van der Waals surface area contributed by atoms with E-state index in [1.165, 1.54) is 18.2 Å². The number of carbonyl (C=O) groups excluding carboxylic acids is 1. The molecule has 0 spiro atoms. The van der Waals surface area contributed by atoms with Gasteiger partial charge >= 0.3 is 0 Å². The van der Waals surface area contributed by atoms with E-state index in [2.05, 4.69) is 0 Å². The van der Waals surface area contributed by atoms with Crippen LogP contribution in [0.5, 0.6) is 0 Å². The normalized spacial score (nSPS) is 11.2. The maximum absolute atomic E-state index is 12.7. The van der Waals surface area contributed by atoms with Gasteiger partial charge in [0.05, 0.1) is 10.6 Å². The van der Waals surface area contributed by atoms with Gasteiger partial charge in [-0.25, -0.2) is 12.7 Å². The summed E-state index contributed by atoms with van der Waals surface area (Å²) in [6, 6.07) is 12.6. The maximum Gasteiger partial charge on any atom is 0.269 e. The number of sulfonamides is 1. The summed E-state index contributed by atoms with van der Waals surface area (Å²) in [6.45, 7) is 3.76. The van der Waals surface area contributed by atoms with Gasteiger partial charge in [0.1, 0.15) is 0 Å². The van der Waals surface area contributed by atoms with Crippen molar-refractivity contribution in [1.29, 1.82) is 0 Å². The molecular weight excluding hydrogens is 314 g/mol. The van der Waals surface area contributed by atoms with Crippen LogP contribution in [0.15, 0.2) is 53.4 Å². The van der Waals surface area contributed by atoms with Gasteiger partial charge in [-0.05, 0) is 37.1 Å². The standard InChI is InChI=1S/C17H19NO4S/c1-3-6-14-7-4-5-8-16(14)18(17(19)20)23(21,22)15-11-9-13(2)10-12-15/h4-5,7-12H,3,6H2,1-2H3,(H,19,20)/p-1. The van der Waals surface area contributed by atoms with E-state index in [0.717, 1.165) is 12.0 Å². The van der Waals surface area contributed by atoms with E-state index < -0.39 is 16.1 Å². The van der Waals surface area contributed by atoms with Crippen molar-refractivity contribution in [2.45, 2.75) is 31.6 Å².